The highest BCUT2D eigenvalue weighted by atomic mass is 19.4. The summed E-state index contributed by atoms with van der Waals surface area (Å²) >= 11 is 0. The lowest BCUT2D eigenvalue weighted by Crippen LogP contribution is -2.43. The van der Waals surface area contributed by atoms with Crippen molar-refractivity contribution in [1.82, 2.24) is 10.3 Å². The van der Waals surface area contributed by atoms with E-state index >= 15 is 0 Å². The van der Waals surface area contributed by atoms with Gasteiger partial charge in [-0.15, -0.1) is 0 Å². The molecule has 0 spiro atoms. The lowest BCUT2D eigenvalue weighted by Gasteiger charge is -2.23. The minimum atomic E-state index is -4.90. The molecule has 3 rings (SSSR count). The number of carbonyl (C=O) groups excluding carboxylic acids is 1. The molecular formula is C17H16F4N2O4. The average Bonchev–Trinajstić information content (AvgIpc) is 3.16. The Bertz CT molecular complexity index is 879. The molecule has 1 amide bonds. The number of ether oxygens (including phenoxy) is 1. The molecule has 3 N–H and O–H groups in total. The molecule has 0 saturated carbocycles. The topological polar surface area (TPSA) is 91.4 Å². The van der Waals surface area contributed by atoms with Crippen LogP contribution in [0.15, 0.2) is 24.4 Å². The summed E-state index contributed by atoms with van der Waals surface area (Å²) < 4.78 is 59.9. The fourth-order valence-corrected chi connectivity index (χ4v) is 3.26. The largest absolute Gasteiger partial charge is 0.479 e. The zero-order chi connectivity index (χ0) is 19.9. The Labute approximate surface area is 150 Å². The third kappa shape index (κ3) is 3.61. The first-order valence-electron chi connectivity index (χ1n) is 8.10. The highest BCUT2D eigenvalue weighted by Crippen LogP contribution is 2.38. The molecule has 1 aromatic carbocycles. The number of halogens is 4. The van der Waals surface area contributed by atoms with Gasteiger partial charge in [-0.1, -0.05) is 13.0 Å². The third-order valence-electron chi connectivity index (χ3n) is 4.56. The Morgan fingerprint density at radius 2 is 2.07 bits per heavy atom. The van der Waals surface area contributed by atoms with Crippen LogP contribution in [-0.2, 0) is 14.3 Å². The number of hydrogen-bond donors (Lipinski definition) is 3. The summed E-state index contributed by atoms with van der Waals surface area (Å²) in [5, 5.41) is 10.6. The predicted octanol–water partition coefficient (Wildman–Crippen LogP) is 2.90. The number of carbonyl (C=O) groups is 2. The van der Waals surface area contributed by atoms with Crippen LogP contribution in [0.25, 0.3) is 10.9 Å². The number of carboxylic acid groups (broad SMARTS) is 1. The van der Waals surface area contributed by atoms with Gasteiger partial charge in [0.2, 0.25) is 5.91 Å². The van der Waals surface area contributed by atoms with Crippen LogP contribution in [0.4, 0.5) is 17.6 Å². The second-order valence-electron chi connectivity index (χ2n) is 6.49. The molecule has 0 aliphatic carbocycles. The van der Waals surface area contributed by atoms with Crippen molar-refractivity contribution in [2.24, 2.45) is 5.92 Å². The van der Waals surface area contributed by atoms with Gasteiger partial charge in [0.15, 0.2) is 12.1 Å². The average molecular weight is 388 g/mol. The van der Waals surface area contributed by atoms with Crippen LogP contribution >= 0.6 is 0 Å². The van der Waals surface area contributed by atoms with Crippen molar-refractivity contribution in [2.75, 3.05) is 0 Å². The monoisotopic (exact) mass is 388 g/mol. The van der Waals surface area contributed by atoms with E-state index in [0.717, 1.165) is 12.3 Å². The summed E-state index contributed by atoms with van der Waals surface area (Å²) in [4.78, 5) is 25.9. The van der Waals surface area contributed by atoms with Gasteiger partial charge in [0.25, 0.3) is 0 Å². The molecule has 27 heavy (non-hydrogen) atoms. The van der Waals surface area contributed by atoms with Gasteiger partial charge < -0.3 is 20.1 Å². The third-order valence-corrected chi connectivity index (χ3v) is 4.56. The van der Waals surface area contributed by atoms with E-state index in [1.165, 1.54) is 19.1 Å². The molecule has 1 fully saturated rings. The predicted molar refractivity (Wildman–Crippen MR) is 85.3 cm³/mol. The summed E-state index contributed by atoms with van der Waals surface area (Å²) in [5.74, 6) is -3.78. The van der Waals surface area contributed by atoms with Crippen LogP contribution in [0, 0.1) is 11.7 Å². The van der Waals surface area contributed by atoms with E-state index in [-0.39, 0.29) is 17.3 Å². The molecule has 1 unspecified atom stereocenters. The van der Waals surface area contributed by atoms with Crippen molar-refractivity contribution in [3.63, 3.8) is 0 Å². The molecule has 1 aliphatic rings. The maximum absolute atomic E-state index is 14.1. The smallest absolute Gasteiger partial charge is 0.412 e. The van der Waals surface area contributed by atoms with E-state index in [2.05, 4.69) is 4.98 Å². The number of amides is 1. The molecule has 10 heteroatoms. The number of aromatic nitrogens is 1. The fourth-order valence-electron chi connectivity index (χ4n) is 3.26. The molecule has 4 atom stereocenters. The van der Waals surface area contributed by atoms with Crippen LogP contribution < -0.4 is 5.32 Å². The van der Waals surface area contributed by atoms with Gasteiger partial charge in [-0.05, 0) is 24.5 Å². The van der Waals surface area contributed by atoms with Gasteiger partial charge in [0, 0.05) is 22.7 Å². The first-order valence-corrected chi connectivity index (χ1v) is 8.10. The van der Waals surface area contributed by atoms with Crippen molar-refractivity contribution < 1.29 is 37.0 Å². The van der Waals surface area contributed by atoms with Crippen molar-refractivity contribution in [3.05, 3.63) is 35.8 Å². The van der Waals surface area contributed by atoms with Crippen molar-refractivity contribution in [1.29, 1.82) is 0 Å². The number of H-pyrrole nitrogens is 1. The maximum atomic E-state index is 14.1. The summed E-state index contributed by atoms with van der Waals surface area (Å²) in [7, 11) is 0. The number of aliphatic carboxylic acids is 1. The molecule has 1 saturated heterocycles. The van der Waals surface area contributed by atoms with E-state index in [9.17, 15) is 27.2 Å². The second-order valence-corrected chi connectivity index (χ2v) is 6.49. The van der Waals surface area contributed by atoms with E-state index in [1.807, 2.05) is 5.32 Å². The molecule has 2 heterocycles. The van der Waals surface area contributed by atoms with E-state index in [1.54, 1.807) is 0 Å². The number of fused-ring (bicyclic) bond motifs is 1. The Hall–Kier alpha value is -2.62. The van der Waals surface area contributed by atoms with E-state index in [4.69, 9.17) is 9.84 Å². The molecule has 1 aromatic heterocycles. The van der Waals surface area contributed by atoms with Gasteiger partial charge in [-0.2, -0.15) is 13.2 Å². The Balaban J connectivity index is 1.89. The summed E-state index contributed by atoms with van der Waals surface area (Å²) in [5.41, 5.74) is -0.310. The van der Waals surface area contributed by atoms with Gasteiger partial charge >= 0.3 is 12.1 Å². The summed E-state index contributed by atoms with van der Waals surface area (Å²) in [6.45, 7) is 1.53. The standard InChI is InChI=1S/C17H16F4N2O4/c1-7-5-11(27-13(7)16(25)26)15(24)23-14(17(19,20)21)8-6-22-10-4-2-3-9(18)12(8)10/h2-4,6-7,11,13-14,22H,5H2,1H3,(H,23,24)(H,25,26)/t7-,11-,13-,14?/m1/s1. The van der Waals surface area contributed by atoms with Crippen LogP contribution in [-0.4, -0.2) is 40.4 Å². The van der Waals surface area contributed by atoms with Crippen molar-refractivity contribution in [3.8, 4) is 0 Å². The molecule has 1 aliphatic heterocycles. The fraction of sp³-hybridized carbons (Fsp3) is 0.412. The number of carboxylic acids is 1. The molecule has 0 radical (unpaired) electrons. The minimum Gasteiger partial charge on any atom is -0.479 e. The highest BCUT2D eigenvalue weighted by Gasteiger charge is 2.46. The zero-order valence-electron chi connectivity index (χ0n) is 14.0. The number of hydrogen-bond acceptors (Lipinski definition) is 3. The molecule has 6 nitrogen and oxygen atoms in total. The number of rotatable bonds is 4. The second kappa shape index (κ2) is 6.84. The van der Waals surface area contributed by atoms with E-state index < -0.39 is 53.6 Å². The first kappa shape index (κ1) is 19.2. The van der Waals surface area contributed by atoms with Gasteiger partial charge in [-0.25, -0.2) is 9.18 Å². The molecule has 0 bridgehead atoms. The van der Waals surface area contributed by atoms with E-state index in [0.29, 0.717) is 0 Å². The zero-order valence-corrected chi connectivity index (χ0v) is 14.0. The Kier molecular flexibility index (Phi) is 4.85. The highest BCUT2D eigenvalue weighted by molar-refractivity contribution is 5.87. The first-order chi connectivity index (χ1) is 12.6. The number of nitrogens with one attached hydrogen (secondary N) is 2. The SMILES string of the molecule is C[C@@H]1C[C@H](C(=O)NC(c2c[nH]c3cccc(F)c23)C(F)(F)F)O[C@H]1C(=O)O. The van der Waals surface area contributed by atoms with Gasteiger partial charge in [-0.3, -0.25) is 4.79 Å². The Morgan fingerprint density at radius 1 is 1.37 bits per heavy atom. The van der Waals surface area contributed by atoms with Crippen LogP contribution in [0.5, 0.6) is 0 Å². The summed E-state index contributed by atoms with van der Waals surface area (Å²) in [6.07, 6.45) is -6.54. The molecule has 2 aromatic rings. The quantitative estimate of drug-likeness (QED) is 0.703. The van der Waals surface area contributed by atoms with Crippen LogP contribution in [0.3, 0.4) is 0 Å². The van der Waals surface area contributed by atoms with Crippen molar-refractivity contribution in [2.45, 2.75) is 37.8 Å². The lowest BCUT2D eigenvalue weighted by atomic mass is 10.0. The maximum Gasteiger partial charge on any atom is 0.412 e. The van der Waals surface area contributed by atoms with Crippen LogP contribution in [0.2, 0.25) is 0 Å². The summed E-state index contributed by atoms with van der Waals surface area (Å²) in [6, 6.07) is 1.31. The normalized spacial score (nSPS) is 24.1. The van der Waals surface area contributed by atoms with Crippen LogP contribution in [0.1, 0.15) is 24.9 Å². The van der Waals surface area contributed by atoms with Gasteiger partial charge in [0.05, 0.1) is 0 Å². The molecule has 146 valence electrons. The number of aromatic amines is 1. The van der Waals surface area contributed by atoms with Crippen molar-refractivity contribution >= 4 is 22.8 Å². The lowest BCUT2D eigenvalue weighted by molar-refractivity contribution is -0.168. The minimum absolute atomic E-state index is 0.0321. The Morgan fingerprint density at radius 3 is 2.67 bits per heavy atom. The number of benzene rings is 1. The van der Waals surface area contributed by atoms with Gasteiger partial charge in [0.1, 0.15) is 11.9 Å². The number of alkyl halides is 3. The molecular weight excluding hydrogens is 372 g/mol.